The maximum atomic E-state index is 5.99. The molecule has 0 bridgehead atoms. The molecule has 0 saturated carbocycles. The van der Waals surface area contributed by atoms with E-state index in [1.807, 2.05) is 60.7 Å². The van der Waals surface area contributed by atoms with Crippen molar-refractivity contribution in [1.29, 1.82) is 0 Å². The number of pyridine rings is 1. The summed E-state index contributed by atoms with van der Waals surface area (Å²) in [5, 5.41) is 0. The van der Waals surface area contributed by atoms with E-state index < -0.39 is 0 Å². The van der Waals surface area contributed by atoms with Crippen LogP contribution in [0.15, 0.2) is 66.9 Å². The van der Waals surface area contributed by atoms with Crippen LogP contribution in [0, 0.1) is 6.20 Å². The Balaban J connectivity index is 1.85. The lowest BCUT2D eigenvalue weighted by Gasteiger charge is -2.13. The van der Waals surface area contributed by atoms with E-state index in [0.717, 1.165) is 28.2 Å². The molecule has 1 radical (unpaired) electrons. The third kappa shape index (κ3) is 3.09. The second-order valence-electron chi connectivity index (χ2n) is 4.76. The molecule has 3 nitrogen and oxygen atoms in total. The molecule has 3 rings (SSSR count). The van der Waals surface area contributed by atoms with Crippen LogP contribution in [0.2, 0.25) is 0 Å². The monoisotopic (exact) mass is 290 g/mol. The van der Waals surface area contributed by atoms with Crippen molar-refractivity contribution >= 4 is 0 Å². The summed E-state index contributed by atoms with van der Waals surface area (Å²) in [5.41, 5.74) is 2.90. The second kappa shape index (κ2) is 6.76. The van der Waals surface area contributed by atoms with Crippen molar-refractivity contribution in [2.24, 2.45) is 0 Å². The van der Waals surface area contributed by atoms with E-state index in [-0.39, 0.29) is 0 Å². The highest BCUT2D eigenvalue weighted by Gasteiger charge is 2.08. The maximum Gasteiger partial charge on any atom is 0.127 e. The Hall–Kier alpha value is -2.81. The first-order chi connectivity index (χ1) is 10.9. The Morgan fingerprint density at radius 1 is 0.909 bits per heavy atom. The summed E-state index contributed by atoms with van der Waals surface area (Å²) in [6.07, 6.45) is 4.70. The summed E-state index contributed by atoms with van der Waals surface area (Å²) in [5.74, 6) is 1.63. The standard InChI is InChI=1S/C19H16NO2/c1-21-18-10-4-2-7-16(18)14-22-19-11-5-3-9-17(19)15-8-6-12-20-13-15/h2-12H,14H2,1H3. The van der Waals surface area contributed by atoms with Gasteiger partial charge in [-0.25, -0.2) is 0 Å². The predicted octanol–water partition coefficient (Wildman–Crippen LogP) is 4.14. The summed E-state index contributed by atoms with van der Waals surface area (Å²) < 4.78 is 11.3. The zero-order valence-corrected chi connectivity index (χ0v) is 12.3. The lowest BCUT2D eigenvalue weighted by atomic mass is 10.1. The molecule has 0 unspecified atom stereocenters. The van der Waals surface area contributed by atoms with Gasteiger partial charge < -0.3 is 9.47 Å². The summed E-state index contributed by atoms with van der Waals surface area (Å²) in [7, 11) is 1.66. The minimum Gasteiger partial charge on any atom is -0.496 e. The highest BCUT2D eigenvalue weighted by atomic mass is 16.5. The van der Waals surface area contributed by atoms with Crippen LogP contribution >= 0.6 is 0 Å². The second-order valence-corrected chi connectivity index (χ2v) is 4.76. The van der Waals surface area contributed by atoms with Gasteiger partial charge in [0.1, 0.15) is 18.1 Å². The van der Waals surface area contributed by atoms with E-state index in [4.69, 9.17) is 9.47 Å². The van der Waals surface area contributed by atoms with Crippen molar-refractivity contribution in [3.63, 3.8) is 0 Å². The minimum absolute atomic E-state index is 0.446. The molecule has 1 aromatic heterocycles. The van der Waals surface area contributed by atoms with Gasteiger partial charge in [-0.3, -0.25) is 4.98 Å². The van der Waals surface area contributed by atoms with Crippen molar-refractivity contribution in [1.82, 2.24) is 4.98 Å². The molecule has 0 fully saturated rings. The topological polar surface area (TPSA) is 31.4 Å². The average molecular weight is 290 g/mol. The number of hydrogen-bond acceptors (Lipinski definition) is 3. The number of methoxy groups -OCH3 is 1. The van der Waals surface area contributed by atoms with Crippen molar-refractivity contribution in [3.05, 3.63) is 78.6 Å². The van der Waals surface area contributed by atoms with Crippen molar-refractivity contribution in [2.75, 3.05) is 7.11 Å². The average Bonchev–Trinajstić information content (AvgIpc) is 2.61. The van der Waals surface area contributed by atoms with E-state index in [0.29, 0.717) is 6.61 Å². The van der Waals surface area contributed by atoms with E-state index in [1.165, 1.54) is 0 Å². The van der Waals surface area contributed by atoms with Crippen molar-refractivity contribution in [3.8, 4) is 22.6 Å². The molecular formula is C19H16NO2. The number of para-hydroxylation sites is 2. The minimum atomic E-state index is 0.446. The highest BCUT2D eigenvalue weighted by molar-refractivity contribution is 5.69. The molecule has 0 atom stereocenters. The molecule has 0 aliphatic heterocycles. The van der Waals surface area contributed by atoms with E-state index in [2.05, 4.69) is 11.2 Å². The fourth-order valence-electron chi connectivity index (χ4n) is 2.27. The zero-order chi connectivity index (χ0) is 15.2. The molecule has 0 spiro atoms. The van der Waals surface area contributed by atoms with E-state index in [1.54, 1.807) is 13.3 Å². The van der Waals surface area contributed by atoms with Gasteiger partial charge in [0.05, 0.1) is 13.3 Å². The molecular weight excluding hydrogens is 274 g/mol. The molecule has 3 aromatic rings. The Morgan fingerprint density at radius 2 is 1.68 bits per heavy atom. The Labute approximate surface area is 130 Å². The lowest BCUT2D eigenvalue weighted by Crippen LogP contribution is -1.99. The molecule has 0 amide bonds. The number of nitrogens with zero attached hydrogens (tertiary/aromatic N) is 1. The van der Waals surface area contributed by atoms with Crippen molar-refractivity contribution < 1.29 is 9.47 Å². The van der Waals surface area contributed by atoms with E-state index >= 15 is 0 Å². The third-order valence-electron chi connectivity index (χ3n) is 3.36. The SMILES string of the molecule is COc1ccccc1COc1ccccc1-c1[c]nccc1. The van der Waals surface area contributed by atoms with Gasteiger partial charge in [-0.1, -0.05) is 42.5 Å². The number of benzene rings is 2. The highest BCUT2D eigenvalue weighted by Crippen LogP contribution is 2.30. The maximum absolute atomic E-state index is 5.99. The Bertz CT molecular complexity index is 741. The molecule has 3 heteroatoms. The first kappa shape index (κ1) is 14.1. The fourth-order valence-corrected chi connectivity index (χ4v) is 2.27. The van der Waals surface area contributed by atoms with Crippen LogP contribution in [0.4, 0.5) is 0 Å². The lowest BCUT2D eigenvalue weighted by molar-refractivity contribution is 0.298. The smallest absolute Gasteiger partial charge is 0.127 e. The number of hydrogen-bond donors (Lipinski definition) is 0. The molecule has 22 heavy (non-hydrogen) atoms. The molecule has 2 aromatic carbocycles. The normalized spacial score (nSPS) is 10.2. The summed E-state index contributed by atoms with van der Waals surface area (Å²) in [6, 6.07) is 19.6. The predicted molar refractivity (Wildman–Crippen MR) is 85.8 cm³/mol. The van der Waals surface area contributed by atoms with Crippen LogP contribution in [0.5, 0.6) is 11.5 Å². The number of rotatable bonds is 5. The van der Waals surface area contributed by atoms with Crippen molar-refractivity contribution in [2.45, 2.75) is 6.61 Å². The third-order valence-corrected chi connectivity index (χ3v) is 3.36. The first-order valence-corrected chi connectivity index (χ1v) is 7.05. The van der Waals surface area contributed by atoms with Gasteiger partial charge >= 0.3 is 0 Å². The van der Waals surface area contributed by atoms with Gasteiger partial charge in [0.2, 0.25) is 0 Å². The van der Waals surface area contributed by atoms with Gasteiger partial charge in [0.15, 0.2) is 0 Å². The largest absolute Gasteiger partial charge is 0.496 e. The van der Waals surface area contributed by atoms with Gasteiger partial charge in [0.25, 0.3) is 0 Å². The molecule has 0 saturated heterocycles. The molecule has 0 aliphatic carbocycles. The number of aromatic nitrogens is 1. The van der Waals surface area contributed by atoms with Crippen LogP contribution in [-0.2, 0) is 6.61 Å². The summed E-state index contributed by atoms with van der Waals surface area (Å²) >= 11 is 0. The molecule has 0 aliphatic rings. The number of ether oxygens (including phenoxy) is 2. The van der Waals surface area contributed by atoms with Crippen LogP contribution in [0.25, 0.3) is 11.1 Å². The quantitative estimate of drug-likeness (QED) is 0.708. The Kier molecular flexibility index (Phi) is 4.35. The molecule has 0 N–H and O–H groups in total. The van der Waals surface area contributed by atoms with Crippen LogP contribution in [0.1, 0.15) is 5.56 Å². The van der Waals surface area contributed by atoms with Gasteiger partial charge in [-0.05, 0) is 18.2 Å². The molecule has 109 valence electrons. The van der Waals surface area contributed by atoms with Crippen LogP contribution in [0.3, 0.4) is 0 Å². The fraction of sp³-hybridized carbons (Fsp3) is 0.105. The zero-order valence-electron chi connectivity index (χ0n) is 12.3. The summed E-state index contributed by atoms with van der Waals surface area (Å²) in [6.45, 7) is 0.446. The van der Waals surface area contributed by atoms with Crippen LogP contribution in [-0.4, -0.2) is 12.1 Å². The van der Waals surface area contributed by atoms with Gasteiger partial charge in [-0.15, -0.1) is 0 Å². The summed E-state index contributed by atoms with van der Waals surface area (Å²) in [4.78, 5) is 4.05. The molecule has 1 heterocycles. The van der Waals surface area contributed by atoms with Gasteiger partial charge in [0, 0.05) is 22.9 Å². The Morgan fingerprint density at radius 3 is 2.45 bits per heavy atom. The van der Waals surface area contributed by atoms with E-state index in [9.17, 15) is 0 Å². The first-order valence-electron chi connectivity index (χ1n) is 7.05. The van der Waals surface area contributed by atoms with Gasteiger partial charge in [-0.2, -0.15) is 0 Å². The van der Waals surface area contributed by atoms with Crippen LogP contribution < -0.4 is 9.47 Å².